The van der Waals surface area contributed by atoms with E-state index in [-0.39, 0.29) is 12.2 Å². The first-order valence-corrected chi connectivity index (χ1v) is 5.93. The maximum Gasteiger partial charge on any atom is 0.0760 e. The van der Waals surface area contributed by atoms with E-state index in [0.29, 0.717) is 14.9 Å². The van der Waals surface area contributed by atoms with Crippen molar-refractivity contribution in [1.29, 1.82) is 5.26 Å². The quantitative estimate of drug-likeness (QED) is 0.824. The average Bonchev–Trinajstić information content (AvgIpc) is 2.14. The molecule has 0 aliphatic rings. The average molecular weight is 248 g/mol. The Morgan fingerprint density at radius 3 is 2.43 bits per heavy atom. The third kappa shape index (κ3) is 2.71. The molecule has 0 aliphatic carbocycles. The Bertz CT molecular complexity index is 380. The van der Waals surface area contributed by atoms with Gasteiger partial charge in [-0.2, -0.15) is 5.26 Å². The van der Waals surface area contributed by atoms with Gasteiger partial charge in [0.25, 0.3) is 0 Å². The molecule has 0 saturated heterocycles. The van der Waals surface area contributed by atoms with Gasteiger partial charge in [-0.1, -0.05) is 29.3 Å². The fourth-order valence-electron chi connectivity index (χ4n) is 0.940. The van der Waals surface area contributed by atoms with Gasteiger partial charge in [-0.15, -0.1) is 0 Å². The summed E-state index contributed by atoms with van der Waals surface area (Å²) in [7, 11) is -1.29. The Hall–Kier alpha value is -0.560. The van der Waals surface area contributed by atoms with Crippen LogP contribution in [0.15, 0.2) is 23.1 Å². The highest BCUT2D eigenvalue weighted by Crippen LogP contribution is 2.27. The number of hydrogen-bond donors (Lipinski definition) is 0. The highest BCUT2D eigenvalue weighted by Gasteiger charge is 2.12. The van der Waals surface area contributed by atoms with Crippen LogP contribution in [0.5, 0.6) is 0 Å². The fourth-order valence-corrected chi connectivity index (χ4v) is 2.91. The SMILES string of the molecule is N#CCCS(=O)c1c(Cl)cccc1Cl. The molecule has 1 aromatic rings. The van der Waals surface area contributed by atoms with Gasteiger partial charge in [0.05, 0.1) is 31.8 Å². The number of hydrogen-bond acceptors (Lipinski definition) is 2. The van der Waals surface area contributed by atoms with Crippen molar-refractivity contribution >= 4 is 34.0 Å². The highest BCUT2D eigenvalue weighted by atomic mass is 35.5. The van der Waals surface area contributed by atoms with Crippen molar-refractivity contribution in [2.24, 2.45) is 0 Å². The number of rotatable bonds is 3. The van der Waals surface area contributed by atoms with Crippen LogP contribution in [0.2, 0.25) is 10.0 Å². The number of nitrogens with zero attached hydrogens (tertiary/aromatic N) is 1. The molecule has 0 spiro atoms. The van der Waals surface area contributed by atoms with Gasteiger partial charge >= 0.3 is 0 Å². The van der Waals surface area contributed by atoms with Gasteiger partial charge in [-0.05, 0) is 12.1 Å². The van der Waals surface area contributed by atoms with E-state index in [4.69, 9.17) is 28.5 Å². The van der Waals surface area contributed by atoms with Crippen molar-refractivity contribution in [2.45, 2.75) is 11.3 Å². The van der Waals surface area contributed by atoms with Crippen LogP contribution in [0, 0.1) is 11.3 Å². The lowest BCUT2D eigenvalue weighted by atomic mass is 10.4. The van der Waals surface area contributed by atoms with Crippen LogP contribution in [-0.2, 0) is 10.8 Å². The molecule has 0 bridgehead atoms. The lowest BCUT2D eigenvalue weighted by molar-refractivity contribution is 0.683. The largest absolute Gasteiger partial charge is 0.254 e. The van der Waals surface area contributed by atoms with E-state index in [1.165, 1.54) is 0 Å². The first-order valence-electron chi connectivity index (χ1n) is 3.86. The first-order chi connectivity index (χ1) is 6.66. The van der Waals surface area contributed by atoms with E-state index in [1.54, 1.807) is 18.2 Å². The summed E-state index contributed by atoms with van der Waals surface area (Å²) in [4.78, 5) is 0.422. The topological polar surface area (TPSA) is 40.9 Å². The molecule has 0 heterocycles. The van der Waals surface area contributed by atoms with Gasteiger partial charge in [0.15, 0.2) is 0 Å². The summed E-state index contributed by atoms with van der Waals surface area (Å²) in [5, 5.41) is 9.12. The second kappa shape index (κ2) is 5.35. The number of halogens is 2. The van der Waals surface area contributed by atoms with Crippen LogP contribution in [0.25, 0.3) is 0 Å². The Kier molecular flexibility index (Phi) is 4.40. The maximum absolute atomic E-state index is 11.6. The molecule has 0 saturated carbocycles. The number of nitriles is 1. The second-order valence-corrected chi connectivity index (χ2v) is 4.83. The van der Waals surface area contributed by atoms with Gasteiger partial charge in [0.1, 0.15) is 0 Å². The van der Waals surface area contributed by atoms with Gasteiger partial charge in [-0.25, -0.2) is 0 Å². The van der Waals surface area contributed by atoms with Gasteiger partial charge in [0, 0.05) is 12.2 Å². The summed E-state index contributed by atoms with van der Waals surface area (Å²) in [6.07, 6.45) is 0.230. The van der Waals surface area contributed by atoms with Crippen LogP contribution in [0.1, 0.15) is 6.42 Å². The molecule has 2 nitrogen and oxygen atoms in total. The molecule has 0 fully saturated rings. The zero-order valence-electron chi connectivity index (χ0n) is 7.17. The van der Waals surface area contributed by atoms with Crippen LogP contribution < -0.4 is 0 Å². The molecule has 74 valence electrons. The Morgan fingerprint density at radius 1 is 1.36 bits per heavy atom. The van der Waals surface area contributed by atoms with Crippen molar-refractivity contribution in [3.8, 4) is 6.07 Å². The Balaban J connectivity index is 2.95. The molecule has 0 N–H and O–H groups in total. The van der Waals surface area contributed by atoms with Crippen molar-refractivity contribution in [3.05, 3.63) is 28.2 Å². The van der Waals surface area contributed by atoms with Crippen molar-refractivity contribution in [1.82, 2.24) is 0 Å². The van der Waals surface area contributed by atoms with Gasteiger partial charge in [-0.3, -0.25) is 4.21 Å². The van der Waals surface area contributed by atoms with E-state index >= 15 is 0 Å². The highest BCUT2D eigenvalue weighted by molar-refractivity contribution is 7.85. The van der Waals surface area contributed by atoms with Crippen LogP contribution in [0.3, 0.4) is 0 Å². The summed E-state index contributed by atoms with van der Waals surface area (Å²) in [5.74, 6) is 0.264. The zero-order valence-corrected chi connectivity index (χ0v) is 9.49. The summed E-state index contributed by atoms with van der Waals surface area (Å²) < 4.78 is 11.6. The molecule has 0 amide bonds. The number of benzene rings is 1. The molecule has 14 heavy (non-hydrogen) atoms. The van der Waals surface area contributed by atoms with E-state index < -0.39 is 10.8 Å². The first kappa shape index (κ1) is 11.5. The smallest absolute Gasteiger partial charge is 0.0760 e. The lowest BCUT2D eigenvalue weighted by Crippen LogP contribution is -1.98. The molecular weight excluding hydrogens is 241 g/mol. The molecular formula is C9H7Cl2NOS. The normalized spacial score (nSPS) is 12.1. The summed E-state index contributed by atoms with van der Waals surface area (Å²) in [5.41, 5.74) is 0. The third-order valence-electron chi connectivity index (χ3n) is 1.55. The predicted molar refractivity (Wildman–Crippen MR) is 58.0 cm³/mol. The van der Waals surface area contributed by atoms with Gasteiger partial charge < -0.3 is 0 Å². The minimum atomic E-state index is -1.29. The maximum atomic E-state index is 11.6. The molecule has 1 rings (SSSR count). The monoisotopic (exact) mass is 247 g/mol. The minimum Gasteiger partial charge on any atom is -0.254 e. The zero-order chi connectivity index (χ0) is 10.6. The molecule has 1 aromatic carbocycles. The van der Waals surface area contributed by atoms with E-state index in [2.05, 4.69) is 0 Å². The molecule has 0 aliphatic heterocycles. The fraction of sp³-hybridized carbons (Fsp3) is 0.222. The third-order valence-corrected chi connectivity index (χ3v) is 3.87. The Morgan fingerprint density at radius 2 is 1.93 bits per heavy atom. The second-order valence-electron chi connectivity index (χ2n) is 2.51. The lowest BCUT2D eigenvalue weighted by Gasteiger charge is -2.04. The standard InChI is InChI=1S/C9H7Cl2NOS/c10-7-3-1-4-8(11)9(7)14(13)6-2-5-12/h1,3-4H,2,6H2. The molecule has 1 unspecified atom stereocenters. The molecule has 0 aromatic heterocycles. The molecule has 5 heteroatoms. The Labute approximate surface area is 94.9 Å². The van der Waals surface area contributed by atoms with Crippen molar-refractivity contribution in [2.75, 3.05) is 5.75 Å². The van der Waals surface area contributed by atoms with Crippen LogP contribution in [0.4, 0.5) is 0 Å². The molecule has 1 atom stereocenters. The van der Waals surface area contributed by atoms with Crippen molar-refractivity contribution < 1.29 is 4.21 Å². The van der Waals surface area contributed by atoms with E-state index in [1.807, 2.05) is 6.07 Å². The van der Waals surface area contributed by atoms with Crippen molar-refractivity contribution in [3.63, 3.8) is 0 Å². The summed E-state index contributed by atoms with van der Waals surface area (Å²) in [6.45, 7) is 0. The van der Waals surface area contributed by atoms with E-state index in [9.17, 15) is 4.21 Å². The van der Waals surface area contributed by atoms with Crippen LogP contribution >= 0.6 is 23.2 Å². The summed E-state index contributed by atoms with van der Waals surface area (Å²) >= 11 is 11.7. The van der Waals surface area contributed by atoms with Crippen LogP contribution in [-0.4, -0.2) is 9.96 Å². The predicted octanol–water partition coefficient (Wildman–Crippen LogP) is 3.01. The van der Waals surface area contributed by atoms with Gasteiger partial charge in [0.2, 0.25) is 0 Å². The van der Waals surface area contributed by atoms with E-state index in [0.717, 1.165) is 0 Å². The summed E-state index contributed by atoms with van der Waals surface area (Å²) in [6, 6.07) is 6.88. The molecule has 0 radical (unpaired) electrons. The minimum absolute atomic E-state index is 0.230.